The topological polar surface area (TPSA) is 48.9 Å². The van der Waals surface area contributed by atoms with E-state index in [1.807, 2.05) is 0 Å². The zero-order valence-electron chi connectivity index (χ0n) is 11.5. The van der Waals surface area contributed by atoms with Crippen LogP contribution < -0.4 is 10.6 Å². The standard InChI is InChI=1S/C12H26N4O/c1-12(2)9-14-11(15-10-12)13-5-6-16(3)7-8-17-4/h5-10H2,1-4H3,(H2,13,14,15). The van der Waals surface area contributed by atoms with Crippen LogP contribution in [-0.4, -0.2) is 64.3 Å². The molecule has 0 aromatic rings. The molecule has 0 bridgehead atoms. The van der Waals surface area contributed by atoms with Crippen molar-refractivity contribution in [2.24, 2.45) is 10.4 Å². The van der Waals surface area contributed by atoms with Crippen LogP contribution in [0.25, 0.3) is 0 Å². The van der Waals surface area contributed by atoms with Gasteiger partial charge in [-0.3, -0.25) is 4.99 Å². The van der Waals surface area contributed by atoms with E-state index in [9.17, 15) is 0 Å². The van der Waals surface area contributed by atoms with Crippen LogP contribution in [0.15, 0.2) is 4.99 Å². The normalized spacial score (nSPS) is 18.8. The maximum atomic E-state index is 5.03. The van der Waals surface area contributed by atoms with Gasteiger partial charge in [-0.1, -0.05) is 13.8 Å². The number of rotatable bonds is 6. The number of aliphatic imine (C=N–C) groups is 1. The molecule has 1 aliphatic rings. The first-order chi connectivity index (χ1) is 8.03. The lowest BCUT2D eigenvalue weighted by Crippen LogP contribution is -2.48. The molecular weight excluding hydrogens is 216 g/mol. The highest BCUT2D eigenvalue weighted by Crippen LogP contribution is 2.15. The van der Waals surface area contributed by atoms with E-state index in [1.165, 1.54) is 0 Å². The third-order valence-corrected chi connectivity index (χ3v) is 2.86. The molecule has 0 saturated carbocycles. The van der Waals surface area contributed by atoms with Gasteiger partial charge < -0.3 is 20.3 Å². The van der Waals surface area contributed by atoms with Crippen molar-refractivity contribution in [3.8, 4) is 0 Å². The highest BCUT2D eigenvalue weighted by atomic mass is 16.5. The van der Waals surface area contributed by atoms with Crippen molar-refractivity contribution in [3.05, 3.63) is 0 Å². The number of likely N-dealkylation sites (N-methyl/N-ethyl adjacent to an activating group) is 1. The maximum absolute atomic E-state index is 5.03. The molecule has 1 aliphatic heterocycles. The molecule has 0 aromatic carbocycles. The first-order valence-electron chi connectivity index (χ1n) is 6.23. The Labute approximate surface area is 105 Å². The summed E-state index contributed by atoms with van der Waals surface area (Å²) in [6.45, 7) is 9.97. The molecule has 0 saturated heterocycles. The van der Waals surface area contributed by atoms with Crippen molar-refractivity contribution in [1.82, 2.24) is 15.5 Å². The molecule has 1 heterocycles. The van der Waals surface area contributed by atoms with Gasteiger partial charge >= 0.3 is 0 Å². The van der Waals surface area contributed by atoms with Crippen molar-refractivity contribution in [2.75, 3.05) is 53.5 Å². The van der Waals surface area contributed by atoms with E-state index in [0.29, 0.717) is 0 Å². The second-order valence-electron chi connectivity index (χ2n) is 5.41. The summed E-state index contributed by atoms with van der Waals surface area (Å²) in [7, 11) is 3.83. The quantitative estimate of drug-likeness (QED) is 0.695. The number of hydrogen-bond donors (Lipinski definition) is 2. The Kier molecular flexibility index (Phi) is 5.71. The molecular formula is C12H26N4O. The molecule has 2 N–H and O–H groups in total. The summed E-state index contributed by atoms with van der Waals surface area (Å²) >= 11 is 0. The molecule has 0 aliphatic carbocycles. The summed E-state index contributed by atoms with van der Waals surface area (Å²) in [5, 5.41) is 6.65. The molecule has 0 radical (unpaired) electrons. The van der Waals surface area contributed by atoms with Crippen LogP contribution >= 0.6 is 0 Å². The van der Waals surface area contributed by atoms with Gasteiger partial charge in [0.2, 0.25) is 0 Å². The molecule has 0 atom stereocenters. The minimum Gasteiger partial charge on any atom is -0.383 e. The predicted octanol–water partition coefficient (Wildman–Crippen LogP) is 0.140. The van der Waals surface area contributed by atoms with E-state index in [2.05, 4.69) is 41.4 Å². The number of hydrogen-bond acceptors (Lipinski definition) is 5. The number of nitrogens with one attached hydrogen (secondary N) is 2. The van der Waals surface area contributed by atoms with Gasteiger partial charge in [0.1, 0.15) is 0 Å². The lowest BCUT2D eigenvalue weighted by Gasteiger charge is -2.29. The summed E-state index contributed by atoms with van der Waals surface area (Å²) in [6.07, 6.45) is 0. The number of methoxy groups -OCH3 is 1. The van der Waals surface area contributed by atoms with Crippen molar-refractivity contribution in [1.29, 1.82) is 0 Å². The largest absolute Gasteiger partial charge is 0.383 e. The Morgan fingerprint density at radius 2 is 2.24 bits per heavy atom. The van der Waals surface area contributed by atoms with E-state index in [-0.39, 0.29) is 5.41 Å². The maximum Gasteiger partial charge on any atom is 0.191 e. The predicted molar refractivity (Wildman–Crippen MR) is 71.5 cm³/mol. The third kappa shape index (κ3) is 5.89. The minimum atomic E-state index is 0.278. The lowest BCUT2D eigenvalue weighted by molar-refractivity contribution is 0.162. The average Bonchev–Trinajstić information content (AvgIpc) is 2.29. The fraction of sp³-hybridized carbons (Fsp3) is 0.917. The smallest absolute Gasteiger partial charge is 0.191 e. The van der Waals surface area contributed by atoms with Crippen LogP contribution in [0, 0.1) is 5.41 Å². The van der Waals surface area contributed by atoms with Gasteiger partial charge in [0.05, 0.1) is 6.61 Å². The van der Waals surface area contributed by atoms with E-state index >= 15 is 0 Å². The Balaban J connectivity index is 2.13. The molecule has 1 rings (SSSR count). The van der Waals surface area contributed by atoms with Crippen LogP contribution in [0.4, 0.5) is 0 Å². The van der Waals surface area contributed by atoms with Crippen LogP contribution in [0.5, 0.6) is 0 Å². The molecule has 100 valence electrons. The van der Waals surface area contributed by atoms with Crippen molar-refractivity contribution < 1.29 is 4.74 Å². The molecule has 0 unspecified atom stereocenters. The third-order valence-electron chi connectivity index (χ3n) is 2.86. The first kappa shape index (κ1) is 14.3. The van der Waals surface area contributed by atoms with Gasteiger partial charge in [0, 0.05) is 45.2 Å². The Morgan fingerprint density at radius 3 is 2.82 bits per heavy atom. The van der Waals surface area contributed by atoms with Crippen LogP contribution in [0.2, 0.25) is 0 Å². The first-order valence-corrected chi connectivity index (χ1v) is 6.23. The molecule has 0 spiro atoms. The van der Waals surface area contributed by atoms with E-state index in [4.69, 9.17) is 4.74 Å². The summed E-state index contributed by atoms with van der Waals surface area (Å²) in [6, 6.07) is 0. The van der Waals surface area contributed by atoms with E-state index in [0.717, 1.165) is 45.3 Å². The summed E-state index contributed by atoms with van der Waals surface area (Å²) in [4.78, 5) is 6.73. The summed E-state index contributed by atoms with van der Waals surface area (Å²) in [5.74, 6) is 0.935. The van der Waals surface area contributed by atoms with E-state index in [1.54, 1.807) is 7.11 Å². The zero-order valence-corrected chi connectivity index (χ0v) is 11.5. The van der Waals surface area contributed by atoms with Crippen LogP contribution in [0.3, 0.4) is 0 Å². The van der Waals surface area contributed by atoms with Crippen molar-refractivity contribution >= 4 is 5.96 Å². The number of nitrogens with zero attached hydrogens (tertiary/aromatic N) is 2. The molecule has 0 aromatic heterocycles. The van der Waals surface area contributed by atoms with Gasteiger partial charge in [-0.2, -0.15) is 0 Å². The Morgan fingerprint density at radius 1 is 1.47 bits per heavy atom. The SMILES string of the molecule is COCCN(C)CCNC1=NCC(C)(C)CN1. The summed E-state index contributed by atoms with van der Waals surface area (Å²) in [5.41, 5.74) is 0.278. The number of ether oxygens (including phenoxy) is 1. The van der Waals surface area contributed by atoms with Gasteiger partial charge in [-0.05, 0) is 7.05 Å². The zero-order chi connectivity index (χ0) is 12.7. The van der Waals surface area contributed by atoms with Crippen molar-refractivity contribution in [3.63, 3.8) is 0 Å². The molecule has 5 heteroatoms. The molecule has 17 heavy (non-hydrogen) atoms. The van der Waals surface area contributed by atoms with Gasteiger partial charge in [-0.15, -0.1) is 0 Å². The second-order valence-corrected chi connectivity index (χ2v) is 5.41. The lowest BCUT2D eigenvalue weighted by atomic mass is 9.93. The minimum absolute atomic E-state index is 0.278. The highest BCUT2D eigenvalue weighted by Gasteiger charge is 2.21. The van der Waals surface area contributed by atoms with Gasteiger partial charge in [-0.25, -0.2) is 0 Å². The number of guanidine groups is 1. The Hall–Kier alpha value is -0.810. The molecule has 0 fully saturated rings. The molecule has 0 amide bonds. The fourth-order valence-corrected chi connectivity index (χ4v) is 1.57. The average molecular weight is 242 g/mol. The Bertz CT molecular complexity index is 253. The second kappa shape index (κ2) is 6.81. The highest BCUT2D eigenvalue weighted by molar-refractivity contribution is 5.80. The van der Waals surface area contributed by atoms with Crippen LogP contribution in [-0.2, 0) is 4.74 Å². The summed E-state index contributed by atoms with van der Waals surface area (Å²) < 4.78 is 5.03. The van der Waals surface area contributed by atoms with Gasteiger partial charge in [0.25, 0.3) is 0 Å². The van der Waals surface area contributed by atoms with Crippen molar-refractivity contribution in [2.45, 2.75) is 13.8 Å². The fourth-order valence-electron chi connectivity index (χ4n) is 1.57. The van der Waals surface area contributed by atoms with E-state index < -0.39 is 0 Å². The monoisotopic (exact) mass is 242 g/mol. The van der Waals surface area contributed by atoms with Gasteiger partial charge in [0.15, 0.2) is 5.96 Å². The van der Waals surface area contributed by atoms with Crippen LogP contribution in [0.1, 0.15) is 13.8 Å². The molecule has 5 nitrogen and oxygen atoms in total.